The molecule has 0 spiro atoms. The highest BCUT2D eigenvalue weighted by atomic mass is 35.5. The van der Waals surface area contributed by atoms with Crippen LogP contribution in [0.2, 0.25) is 5.02 Å². The van der Waals surface area contributed by atoms with E-state index in [1.165, 1.54) is 17.7 Å². The standard InChI is InChI=1S/C15H14ClN3O2S/c1-2-10-4-3-5-11(8-10)17-15(22)18-12-6-7-13(16)14(9-12)19(20)21/h3-9H,2H2,1H3,(H2,17,18,22). The summed E-state index contributed by atoms with van der Waals surface area (Å²) >= 11 is 11.0. The van der Waals surface area contributed by atoms with Gasteiger partial charge in [0.15, 0.2) is 5.11 Å². The van der Waals surface area contributed by atoms with Crippen molar-refractivity contribution in [2.24, 2.45) is 0 Å². The molecule has 2 rings (SSSR count). The second-order valence-electron chi connectivity index (χ2n) is 4.56. The molecule has 0 saturated heterocycles. The fraction of sp³-hybridized carbons (Fsp3) is 0.133. The number of anilines is 2. The number of hydrogen-bond donors (Lipinski definition) is 2. The second-order valence-corrected chi connectivity index (χ2v) is 5.37. The van der Waals surface area contributed by atoms with E-state index in [-0.39, 0.29) is 10.7 Å². The Hall–Kier alpha value is -2.18. The van der Waals surface area contributed by atoms with Gasteiger partial charge < -0.3 is 10.6 Å². The predicted molar refractivity (Wildman–Crippen MR) is 93.8 cm³/mol. The molecule has 0 aromatic heterocycles. The van der Waals surface area contributed by atoms with Crippen LogP contribution in [0, 0.1) is 10.1 Å². The van der Waals surface area contributed by atoms with E-state index in [1.807, 2.05) is 24.3 Å². The van der Waals surface area contributed by atoms with E-state index >= 15 is 0 Å². The van der Waals surface area contributed by atoms with Crippen molar-refractivity contribution in [3.8, 4) is 0 Å². The number of thiocarbonyl (C=S) groups is 1. The van der Waals surface area contributed by atoms with Crippen LogP contribution in [0.3, 0.4) is 0 Å². The van der Waals surface area contributed by atoms with E-state index < -0.39 is 4.92 Å². The lowest BCUT2D eigenvalue weighted by Crippen LogP contribution is -2.19. The lowest BCUT2D eigenvalue weighted by molar-refractivity contribution is -0.384. The molecule has 0 aliphatic heterocycles. The maximum Gasteiger partial charge on any atom is 0.289 e. The summed E-state index contributed by atoms with van der Waals surface area (Å²) in [5.74, 6) is 0. The van der Waals surface area contributed by atoms with Crippen LogP contribution in [0.4, 0.5) is 17.1 Å². The van der Waals surface area contributed by atoms with Gasteiger partial charge in [-0.25, -0.2) is 0 Å². The van der Waals surface area contributed by atoms with E-state index in [9.17, 15) is 10.1 Å². The number of aryl methyl sites for hydroxylation is 1. The van der Waals surface area contributed by atoms with Crippen molar-refractivity contribution in [2.75, 3.05) is 10.6 Å². The summed E-state index contributed by atoms with van der Waals surface area (Å²) in [6, 6.07) is 12.3. The molecule has 5 nitrogen and oxygen atoms in total. The van der Waals surface area contributed by atoms with Crippen molar-refractivity contribution in [1.82, 2.24) is 0 Å². The molecule has 7 heteroatoms. The Morgan fingerprint density at radius 3 is 2.55 bits per heavy atom. The molecule has 2 aromatic carbocycles. The molecule has 0 heterocycles. The van der Waals surface area contributed by atoms with Gasteiger partial charge in [0.25, 0.3) is 5.69 Å². The number of nitro benzene ring substituents is 1. The Morgan fingerprint density at radius 1 is 1.23 bits per heavy atom. The van der Waals surface area contributed by atoms with Gasteiger partial charge in [0.1, 0.15) is 5.02 Å². The molecular weight excluding hydrogens is 322 g/mol. The number of nitro groups is 1. The second kappa shape index (κ2) is 7.20. The molecule has 0 aliphatic rings. The highest BCUT2D eigenvalue weighted by Crippen LogP contribution is 2.27. The van der Waals surface area contributed by atoms with Gasteiger partial charge >= 0.3 is 0 Å². The van der Waals surface area contributed by atoms with Crippen molar-refractivity contribution >= 4 is 46.0 Å². The van der Waals surface area contributed by atoms with Crippen LogP contribution in [-0.4, -0.2) is 10.0 Å². The molecule has 0 fully saturated rings. The minimum absolute atomic E-state index is 0.0880. The van der Waals surface area contributed by atoms with Gasteiger partial charge in [-0.3, -0.25) is 10.1 Å². The molecular formula is C15H14ClN3O2S. The van der Waals surface area contributed by atoms with Crippen LogP contribution < -0.4 is 10.6 Å². The third-order valence-electron chi connectivity index (χ3n) is 2.99. The van der Waals surface area contributed by atoms with Gasteiger partial charge in [-0.1, -0.05) is 30.7 Å². The third-order valence-corrected chi connectivity index (χ3v) is 3.52. The number of halogens is 1. The van der Waals surface area contributed by atoms with Crippen LogP contribution in [0.1, 0.15) is 12.5 Å². The average molecular weight is 336 g/mol. The maximum absolute atomic E-state index is 10.9. The Balaban J connectivity index is 2.08. The molecule has 0 atom stereocenters. The van der Waals surface area contributed by atoms with Crippen LogP contribution in [0.15, 0.2) is 42.5 Å². The molecule has 0 radical (unpaired) electrons. The van der Waals surface area contributed by atoms with E-state index in [0.29, 0.717) is 10.8 Å². The third kappa shape index (κ3) is 4.16. The molecule has 2 aromatic rings. The summed E-state index contributed by atoms with van der Waals surface area (Å²) in [6.45, 7) is 2.07. The van der Waals surface area contributed by atoms with Crippen molar-refractivity contribution in [3.05, 3.63) is 63.2 Å². The average Bonchev–Trinajstić information content (AvgIpc) is 2.49. The minimum Gasteiger partial charge on any atom is -0.332 e. The summed E-state index contributed by atoms with van der Waals surface area (Å²) in [5.41, 5.74) is 2.39. The lowest BCUT2D eigenvalue weighted by Gasteiger charge is -2.11. The normalized spacial score (nSPS) is 10.1. The topological polar surface area (TPSA) is 67.2 Å². The highest BCUT2D eigenvalue weighted by molar-refractivity contribution is 7.80. The lowest BCUT2D eigenvalue weighted by atomic mass is 10.1. The highest BCUT2D eigenvalue weighted by Gasteiger charge is 2.13. The maximum atomic E-state index is 10.9. The number of benzene rings is 2. The Kier molecular flexibility index (Phi) is 5.30. The Morgan fingerprint density at radius 2 is 1.91 bits per heavy atom. The number of nitrogens with zero attached hydrogens (tertiary/aromatic N) is 1. The fourth-order valence-electron chi connectivity index (χ4n) is 1.89. The zero-order chi connectivity index (χ0) is 16.1. The van der Waals surface area contributed by atoms with Crippen molar-refractivity contribution < 1.29 is 4.92 Å². The van der Waals surface area contributed by atoms with E-state index in [1.54, 1.807) is 6.07 Å². The van der Waals surface area contributed by atoms with Gasteiger partial charge in [0.2, 0.25) is 0 Å². The molecule has 114 valence electrons. The van der Waals surface area contributed by atoms with Crippen molar-refractivity contribution in [3.63, 3.8) is 0 Å². The molecule has 0 unspecified atom stereocenters. The van der Waals surface area contributed by atoms with Gasteiger partial charge in [-0.05, 0) is 48.5 Å². The van der Waals surface area contributed by atoms with Crippen molar-refractivity contribution in [2.45, 2.75) is 13.3 Å². The largest absolute Gasteiger partial charge is 0.332 e. The SMILES string of the molecule is CCc1cccc(NC(=S)Nc2ccc(Cl)c([N+](=O)[O-])c2)c1. The van der Waals surface area contributed by atoms with Crippen LogP contribution in [0.25, 0.3) is 0 Å². The summed E-state index contributed by atoms with van der Waals surface area (Å²) in [7, 11) is 0. The fourth-order valence-corrected chi connectivity index (χ4v) is 2.32. The molecule has 0 aliphatic carbocycles. The zero-order valence-electron chi connectivity index (χ0n) is 11.8. The van der Waals surface area contributed by atoms with Gasteiger partial charge in [-0.15, -0.1) is 0 Å². The first-order valence-electron chi connectivity index (χ1n) is 6.60. The number of nitrogens with one attached hydrogen (secondary N) is 2. The van der Waals surface area contributed by atoms with Gasteiger partial charge in [0, 0.05) is 17.4 Å². The van der Waals surface area contributed by atoms with E-state index in [4.69, 9.17) is 23.8 Å². The van der Waals surface area contributed by atoms with Crippen LogP contribution >= 0.6 is 23.8 Å². The summed E-state index contributed by atoms with van der Waals surface area (Å²) in [4.78, 5) is 10.3. The molecule has 0 bridgehead atoms. The first-order chi connectivity index (χ1) is 10.5. The smallest absolute Gasteiger partial charge is 0.289 e. The van der Waals surface area contributed by atoms with Crippen molar-refractivity contribution in [1.29, 1.82) is 0 Å². The molecule has 0 saturated carbocycles. The summed E-state index contributed by atoms with van der Waals surface area (Å²) in [5, 5.41) is 17.3. The molecule has 2 N–H and O–H groups in total. The Labute approximate surface area is 138 Å². The summed E-state index contributed by atoms with van der Waals surface area (Å²) < 4.78 is 0. The van der Waals surface area contributed by atoms with Gasteiger partial charge in [0.05, 0.1) is 4.92 Å². The number of rotatable bonds is 4. The molecule has 0 amide bonds. The first kappa shape index (κ1) is 16.2. The Bertz CT molecular complexity index is 722. The summed E-state index contributed by atoms with van der Waals surface area (Å²) in [6.07, 6.45) is 0.930. The predicted octanol–water partition coefficient (Wildman–Crippen LogP) is 4.62. The quantitative estimate of drug-likeness (QED) is 0.485. The zero-order valence-corrected chi connectivity index (χ0v) is 13.4. The first-order valence-corrected chi connectivity index (χ1v) is 7.39. The minimum atomic E-state index is -0.533. The van der Waals surface area contributed by atoms with Gasteiger partial charge in [-0.2, -0.15) is 0 Å². The molecule has 22 heavy (non-hydrogen) atoms. The van der Waals surface area contributed by atoms with Crippen LogP contribution in [-0.2, 0) is 6.42 Å². The van der Waals surface area contributed by atoms with E-state index in [2.05, 4.69) is 17.6 Å². The number of hydrogen-bond acceptors (Lipinski definition) is 3. The van der Waals surface area contributed by atoms with E-state index in [0.717, 1.165) is 12.1 Å². The van der Waals surface area contributed by atoms with Crippen LogP contribution in [0.5, 0.6) is 0 Å². The monoisotopic (exact) mass is 335 g/mol.